The molecule has 0 bridgehead atoms. The maximum Gasteiger partial charge on any atom is 0.277 e. The maximum atomic E-state index is 11.9. The van der Waals surface area contributed by atoms with E-state index in [-0.39, 0.29) is 11.3 Å². The Morgan fingerprint density at radius 1 is 1.29 bits per heavy atom. The second kappa shape index (κ2) is 5.33. The molecular formula is C12H9N7O2. The first-order valence-electron chi connectivity index (χ1n) is 5.91. The second-order valence-corrected chi connectivity index (χ2v) is 3.97. The van der Waals surface area contributed by atoms with E-state index in [1.165, 1.54) is 23.1 Å². The lowest BCUT2D eigenvalue weighted by atomic mass is 10.3. The van der Waals surface area contributed by atoms with E-state index in [2.05, 4.69) is 30.6 Å². The molecule has 2 N–H and O–H groups in total. The van der Waals surface area contributed by atoms with E-state index in [0.717, 1.165) is 0 Å². The van der Waals surface area contributed by atoms with E-state index in [9.17, 15) is 9.59 Å². The number of carbonyl (C=O) groups is 1. The normalized spacial score (nSPS) is 10.3. The number of aromatic nitrogens is 6. The van der Waals surface area contributed by atoms with E-state index in [4.69, 9.17) is 0 Å². The van der Waals surface area contributed by atoms with Gasteiger partial charge in [-0.25, -0.2) is 19.7 Å². The Balaban J connectivity index is 1.82. The predicted octanol–water partition coefficient (Wildman–Crippen LogP) is -0.00210. The number of H-pyrrole nitrogens is 1. The van der Waals surface area contributed by atoms with Gasteiger partial charge in [0.2, 0.25) is 0 Å². The fourth-order valence-electron chi connectivity index (χ4n) is 1.60. The summed E-state index contributed by atoms with van der Waals surface area (Å²) in [5.41, 5.74) is -0.302. The number of anilines is 1. The minimum Gasteiger partial charge on any atom is -0.305 e. The van der Waals surface area contributed by atoms with Crippen molar-refractivity contribution in [1.82, 2.24) is 29.9 Å². The van der Waals surface area contributed by atoms with Gasteiger partial charge in [-0.05, 0) is 12.1 Å². The van der Waals surface area contributed by atoms with E-state index in [1.54, 1.807) is 24.5 Å². The summed E-state index contributed by atoms with van der Waals surface area (Å²) in [7, 11) is 0. The highest BCUT2D eigenvalue weighted by atomic mass is 16.2. The molecule has 0 aliphatic rings. The molecule has 0 fully saturated rings. The molecule has 3 aromatic heterocycles. The summed E-state index contributed by atoms with van der Waals surface area (Å²) in [6, 6.07) is 5.86. The molecule has 0 aromatic carbocycles. The molecule has 3 aromatic rings. The predicted molar refractivity (Wildman–Crippen MR) is 72.0 cm³/mol. The van der Waals surface area contributed by atoms with Crippen LogP contribution in [0.15, 0.2) is 47.8 Å². The lowest BCUT2D eigenvalue weighted by Gasteiger charge is -2.05. The first-order chi connectivity index (χ1) is 10.2. The molecule has 0 aliphatic heterocycles. The molecule has 0 radical (unpaired) electrons. The third-order valence-electron chi connectivity index (χ3n) is 2.55. The average molecular weight is 283 g/mol. The third-order valence-corrected chi connectivity index (χ3v) is 2.55. The largest absolute Gasteiger partial charge is 0.305 e. The molecular weight excluding hydrogens is 274 g/mol. The van der Waals surface area contributed by atoms with Gasteiger partial charge in [-0.2, -0.15) is 10.2 Å². The van der Waals surface area contributed by atoms with Crippen LogP contribution in [-0.4, -0.2) is 35.9 Å². The summed E-state index contributed by atoms with van der Waals surface area (Å²) >= 11 is 0. The van der Waals surface area contributed by atoms with Gasteiger partial charge in [0.05, 0.1) is 0 Å². The summed E-state index contributed by atoms with van der Waals surface area (Å²) in [4.78, 5) is 30.8. The standard InChI is InChI=1S/C12H9N7O2/c20-11-3-2-8(17-18-11)12(21)16-9-6-10(14-7-13-9)19-5-1-4-15-19/h1-7H,(H,18,20)(H,13,14,16,21). The number of amides is 1. The Morgan fingerprint density at radius 3 is 2.90 bits per heavy atom. The Kier molecular flexibility index (Phi) is 3.21. The Morgan fingerprint density at radius 2 is 2.19 bits per heavy atom. The smallest absolute Gasteiger partial charge is 0.277 e. The van der Waals surface area contributed by atoms with Crippen LogP contribution in [0.1, 0.15) is 10.5 Å². The fourth-order valence-corrected chi connectivity index (χ4v) is 1.60. The summed E-state index contributed by atoms with van der Waals surface area (Å²) in [5.74, 6) is 0.324. The van der Waals surface area contributed by atoms with Crippen LogP contribution < -0.4 is 10.9 Å². The lowest BCUT2D eigenvalue weighted by molar-refractivity contribution is 0.102. The van der Waals surface area contributed by atoms with Crippen molar-refractivity contribution in [3.05, 3.63) is 59.0 Å². The SMILES string of the molecule is O=C(Nc1cc(-n2cccn2)ncn1)c1ccc(=O)[nH]n1. The van der Waals surface area contributed by atoms with Crippen molar-refractivity contribution in [3.8, 4) is 5.82 Å². The van der Waals surface area contributed by atoms with E-state index >= 15 is 0 Å². The quantitative estimate of drug-likeness (QED) is 0.698. The van der Waals surface area contributed by atoms with E-state index in [0.29, 0.717) is 11.6 Å². The molecule has 9 heteroatoms. The highest BCUT2D eigenvalue weighted by Crippen LogP contribution is 2.08. The molecule has 0 saturated carbocycles. The highest BCUT2D eigenvalue weighted by molar-refractivity contribution is 6.02. The molecule has 0 saturated heterocycles. The maximum absolute atomic E-state index is 11.9. The van der Waals surface area contributed by atoms with Crippen LogP contribution in [-0.2, 0) is 0 Å². The van der Waals surface area contributed by atoms with E-state index in [1.807, 2.05) is 0 Å². The third kappa shape index (κ3) is 2.81. The molecule has 0 unspecified atom stereocenters. The van der Waals surface area contributed by atoms with Gasteiger partial charge < -0.3 is 5.32 Å². The number of nitrogens with zero attached hydrogens (tertiary/aromatic N) is 5. The van der Waals surface area contributed by atoms with Gasteiger partial charge in [0, 0.05) is 24.5 Å². The van der Waals surface area contributed by atoms with Gasteiger partial charge >= 0.3 is 0 Å². The monoisotopic (exact) mass is 283 g/mol. The number of aromatic amines is 1. The van der Waals surface area contributed by atoms with Crippen LogP contribution in [0.5, 0.6) is 0 Å². The fraction of sp³-hybridized carbons (Fsp3) is 0. The molecule has 1 amide bonds. The van der Waals surface area contributed by atoms with Crippen LogP contribution in [0, 0.1) is 0 Å². The average Bonchev–Trinajstić information content (AvgIpc) is 3.02. The van der Waals surface area contributed by atoms with Crippen LogP contribution in [0.4, 0.5) is 5.82 Å². The topological polar surface area (TPSA) is 118 Å². The first kappa shape index (κ1) is 12.7. The van der Waals surface area contributed by atoms with Crippen molar-refractivity contribution in [2.45, 2.75) is 0 Å². The van der Waals surface area contributed by atoms with Gasteiger partial charge in [-0.3, -0.25) is 9.59 Å². The van der Waals surface area contributed by atoms with Crippen molar-refractivity contribution in [2.24, 2.45) is 0 Å². The minimum absolute atomic E-state index is 0.0776. The number of nitrogens with one attached hydrogen (secondary N) is 2. The van der Waals surface area contributed by atoms with Gasteiger partial charge in [0.15, 0.2) is 5.82 Å². The molecule has 0 aliphatic carbocycles. The van der Waals surface area contributed by atoms with Gasteiger partial charge in [0.25, 0.3) is 11.5 Å². The number of carbonyl (C=O) groups excluding carboxylic acids is 1. The van der Waals surface area contributed by atoms with Crippen molar-refractivity contribution < 1.29 is 4.79 Å². The molecule has 104 valence electrons. The van der Waals surface area contributed by atoms with Gasteiger partial charge in [0.1, 0.15) is 17.8 Å². The summed E-state index contributed by atoms with van der Waals surface area (Å²) in [6.45, 7) is 0. The van der Waals surface area contributed by atoms with Crippen LogP contribution >= 0.6 is 0 Å². The second-order valence-electron chi connectivity index (χ2n) is 3.97. The van der Waals surface area contributed by atoms with Gasteiger partial charge in [-0.15, -0.1) is 0 Å². The molecule has 0 spiro atoms. The summed E-state index contributed by atoms with van der Waals surface area (Å²) < 4.78 is 1.54. The Labute approximate surface area is 117 Å². The number of hydrogen-bond donors (Lipinski definition) is 2. The van der Waals surface area contributed by atoms with Crippen molar-refractivity contribution >= 4 is 11.7 Å². The Hall–Kier alpha value is -3.36. The van der Waals surface area contributed by atoms with Gasteiger partial charge in [-0.1, -0.05) is 0 Å². The highest BCUT2D eigenvalue weighted by Gasteiger charge is 2.09. The lowest BCUT2D eigenvalue weighted by Crippen LogP contribution is -2.18. The zero-order valence-electron chi connectivity index (χ0n) is 10.6. The number of hydrogen-bond acceptors (Lipinski definition) is 6. The zero-order valence-corrected chi connectivity index (χ0v) is 10.6. The summed E-state index contributed by atoms with van der Waals surface area (Å²) in [6.07, 6.45) is 4.65. The van der Waals surface area contributed by atoms with Crippen LogP contribution in [0.25, 0.3) is 5.82 Å². The first-order valence-corrected chi connectivity index (χ1v) is 5.91. The van der Waals surface area contributed by atoms with Crippen molar-refractivity contribution in [1.29, 1.82) is 0 Å². The van der Waals surface area contributed by atoms with Crippen LogP contribution in [0.3, 0.4) is 0 Å². The van der Waals surface area contributed by atoms with Crippen molar-refractivity contribution in [2.75, 3.05) is 5.32 Å². The molecule has 0 atom stereocenters. The van der Waals surface area contributed by atoms with Crippen molar-refractivity contribution in [3.63, 3.8) is 0 Å². The molecule has 21 heavy (non-hydrogen) atoms. The summed E-state index contributed by atoms with van der Waals surface area (Å²) in [5, 5.41) is 12.4. The molecule has 9 nitrogen and oxygen atoms in total. The number of rotatable bonds is 3. The molecule has 3 heterocycles. The minimum atomic E-state index is -0.489. The molecule has 3 rings (SSSR count). The van der Waals surface area contributed by atoms with Crippen LogP contribution in [0.2, 0.25) is 0 Å². The van der Waals surface area contributed by atoms with E-state index < -0.39 is 5.91 Å². The zero-order chi connectivity index (χ0) is 14.7. The Bertz CT molecular complexity index is 805.